The first-order valence-corrected chi connectivity index (χ1v) is 6.43. The van der Waals surface area contributed by atoms with Gasteiger partial charge in [0.2, 0.25) is 0 Å². The number of nitrogen functional groups attached to an aromatic ring is 1. The molecule has 0 saturated heterocycles. The van der Waals surface area contributed by atoms with Crippen molar-refractivity contribution in [3.05, 3.63) is 45.8 Å². The fourth-order valence-electron chi connectivity index (χ4n) is 1.58. The second kappa shape index (κ2) is 5.35. The highest BCUT2D eigenvalue weighted by Crippen LogP contribution is 2.27. The number of nitrogens with zero attached hydrogens (tertiary/aromatic N) is 2. The molecule has 2 rings (SSSR count). The van der Waals surface area contributed by atoms with E-state index in [-0.39, 0.29) is 0 Å². The zero-order valence-electron chi connectivity index (χ0n) is 10.4. The van der Waals surface area contributed by atoms with Gasteiger partial charge in [0, 0.05) is 18.9 Å². The van der Waals surface area contributed by atoms with Crippen LogP contribution in [0.5, 0.6) is 0 Å². The van der Waals surface area contributed by atoms with Crippen LogP contribution >= 0.6 is 15.9 Å². The summed E-state index contributed by atoms with van der Waals surface area (Å²) in [5.41, 5.74) is 9.83. The Bertz CT molecular complexity index is 569. The predicted octanol–water partition coefficient (Wildman–Crippen LogP) is 3.05. The van der Waals surface area contributed by atoms with Gasteiger partial charge in [0.05, 0.1) is 16.4 Å². The molecule has 2 aromatic rings. The summed E-state index contributed by atoms with van der Waals surface area (Å²) in [5, 5.41) is 3.28. The van der Waals surface area contributed by atoms with Crippen LogP contribution in [0.2, 0.25) is 0 Å². The van der Waals surface area contributed by atoms with Crippen LogP contribution in [-0.2, 0) is 6.54 Å². The maximum atomic E-state index is 5.79. The number of nitrogens with two attached hydrogens (primary N) is 1. The number of hydrogen-bond acceptors (Lipinski definition) is 4. The van der Waals surface area contributed by atoms with E-state index < -0.39 is 0 Å². The first kappa shape index (κ1) is 12.8. The van der Waals surface area contributed by atoms with Gasteiger partial charge in [-0.3, -0.25) is 4.98 Å². The summed E-state index contributed by atoms with van der Waals surface area (Å²) < 4.78 is 0.907. The summed E-state index contributed by atoms with van der Waals surface area (Å²) in [6.45, 7) is 4.71. The molecule has 0 amide bonds. The van der Waals surface area contributed by atoms with Crippen molar-refractivity contribution < 1.29 is 0 Å². The highest BCUT2D eigenvalue weighted by molar-refractivity contribution is 9.10. The van der Waals surface area contributed by atoms with Crippen molar-refractivity contribution in [3.63, 3.8) is 0 Å². The van der Waals surface area contributed by atoms with E-state index in [1.165, 1.54) is 5.56 Å². The quantitative estimate of drug-likeness (QED) is 0.915. The Labute approximate surface area is 115 Å². The Hall–Kier alpha value is -1.62. The standard InChI is InChI=1S/C13H15BrN4/c1-8-3-4-16-5-10(8)6-17-13-12(14)9(2)11(15)7-18-13/h3-5,7H,6,15H2,1-2H3,(H,17,18). The maximum Gasteiger partial charge on any atom is 0.140 e. The molecule has 2 aromatic heterocycles. The van der Waals surface area contributed by atoms with Crippen molar-refractivity contribution >= 4 is 27.4 Å². The molecule has 4 nitrogen and oxygen atoms in total. The van der Waals surface area contributed by atoms with Gasteiger partial charge in [-0.1, -0.05) is 0 Å². The van der Waals surface area contributed by atoms with Crippen LogP contribution in [0.1, 0.15) is 16.7 Å². The lowest BCUT2D eigenvalue weighted by Gasteiger charge is -2.11. The SMILES string of the molecule is Cc1ccncc1CNc1ncc(N)c(C)c1Br. The summed E-state index contributed by atoms with van der Waals surface area (Å²) in [4.78, 5) is 8.40. The summed E-state index contributed by atoms with van der Waals surface area (Å²) in [6, 6.07) is 1.99. The number of anilines is 2. The number of pyridine rings is 2. The third-order valence-corrected chi connectivity index (χ3v) is 3.87. The van der Waals surface area contributed by atoms with Gasteiger partial charge in [-0.2, -0.15) is 0 Å². The van der Waals surface area contributed by atoms with Gasteiger partial charge >= 0.3 is 0 Å². The molecule has 0 radical (unpaired) electrons. The zero-order chi connectivity index (χ0) is 13.1. The van der Waals surface area contributed by atoms with Crippen LogP contribution in [0.15, 0.2) is 29.1 Å². The van der Waals surface area contributed by atoms with Crippen molar-refractivity contribution in [2.24, 2.45) is 0 Å². The topological polar surface area (TPSA) is 63.8 Å². The van der Waals surface area contributed by atoms with E-state index >= 15 is 0 Å². The fraction of sp³-hybridized carbons (Fsp3) is 0.231. The average molecular weight is 307 g/mol. The summed E-state index contributed by atoms with van der Waals surface area (Å²) in [7, 11) is 0. The van der Waals surface area contributed by atoms with E-state index in [0.29, 0.717) is 12.2 Å². The molecule has 0 aliphatic carbocycles. The van der Waals surface area contributed by atoms with E-state index in [2.05, 4.69) is 38.1 Å². The molecule has 0 aliphatic heterocycles. The molecule has 0 atom stereocenters. The first-order chi connectivity index (χ1) is 8.59. The van der Waals surface area contributed by atoms with Gasteiger partial charge in [-0.25, -0.2) is 4.98 Å². The lowest BCUT2D eigenvalue weighted by molar-refractivity contribution is 1.06. The van der Waals surface area contributed by atoms with Gasteiger partial charge in [-0.15, -0.1) is 0 Å². The maximum absolute atomic E-state index is 5.79. The Morgan fingerprint density at radius 3 is 2.83 bits per heavy atom. The lowest BCUT2D eigenvalue weighted by Crippen LogP contribution is -2.05. The number of rotatable bonds is 3. The molecule has 94 valence electrons. The highest BCUT2D eigenvalue weighted by Gasteiger charge is 2.07. The third kappa shape index (κ3) is 2.61. The molecule has 0 fully saturated rings. The number of aryl methyl sites for hydroxylation is 1. The van der Waals surface area contributed by atoms with Crippen molar-refractivity contribution in [1.82, 2.24) is 9.97 Å². The van der Waals surface area contributed by atoms with Crippen molar-refractivity contribution in [3.8, 4) is 0 Å². The summed E-state index contributed by atoms with van der Waals surface area (Å²) in [5.74, 6) is 0.796. The predicted molar refractivity (Wildman–Crippen MR) is 77.4 cm³/mol. The molecule has 0 bridgehead atoms. The van der Waals surface area contributed by atoms with Gasteiger partial charge in [0.25, 0.3) is 0 Å². The lowest BCUT2D eigenvalue weighted by atomic mass is 10.1. The molecule has 0 aliphatic rings. The number of nitrogens with one attached hydrogen (secondary N) is 1. The van der Waals surface area contributed by atoms with E-state index in [4.69, 9.17) is 5.73 Å². The van der Waals surface area contributed by atoms with Gasteiger partial charge < -0.3 is 11.1 Å². The van der Waals surface area contributed by atoms with E-state index in [1.54, 1.807) is 12.4 Å². The molecule has 0 saturated carbocycles. The van der Waals surface area contributed by atoms with Crippen LogP contribution in [0.4, 0.5) is 11.5 Å². The number of halogens is 1. The molecule has 5 heteroatoms. The van der Waals surface area contributed by atoms with Crippen molar-refractivity contribution in [1.29, 1.82) is 0 Å². The van der Waals surface area contributed by atoms with Crippen LogP contribution in [0, 0.1) is 13.8 Å². The van der Waals surface area contributed by atoms with Crippen LogP contribution in [0.25, 0.3) is 0 Å². The third-order valence-electron chi connectivity index (χ3n) is 2.90. The van der Waals surface area contributed by atoms with Crippen molar-refractivity contribution in [2.45, 2.75) is 20.4 Å². The first-order valence-electron chi connectivity index (χ1n) is 5.63. The highest BCUT2D eigenvalue weighted by atomic mass is 79.9. The van der Waals surface area contributed by atoms with Gasteiger partial charge in [-0.05, 0) is 52.5 Å². The largest absolute Gasteiger partial charge is 0.397 e. The minimum atomic E-state index is 0.685. The Balaban J connectivity index is 2.17. The molecular weight excluding hydrogens is 292 g/mol. The second-order valence-corrected chi connectivity index (χ2v) is 4.95. The summed E-state index contributed by atoms with van der Waals surface area (Å²) in [6.07, 6.45) is 5.32. The minimum absolute atomic E-state index is 0.685. The van der Waals surface area contributed by atoms with E-state index in [1.807, 2.05) is 19.2 Å². The van der Waals surface area contributed by atoms with Crippen LogP contribution in [0.3, 0.4) is 0 Å². The summed E-state index contributed by atoms with van der Waals surface area (Å²) >= 11 is 3.50. The molecule has 0 spiro atoms. The molecule has 18 heavy (non-hydrogen) atoms. The minimum Gasteiger partial charge on any atom is -0.397 e. The second-order valence-electron chi connectivity index (χ2n) is 4.16. The van der Waals surface area contributed by atoms with Crippen LogP contribution < -0.4 is 11.1 Å². The van der Waals surface area contributed by atoms with Gasteiger partial charge in [0.15, 0.2) is 0 Å². The van der Waals surface area contributed by atoms with E-state index in [9.17, 15) is 0 Å². The molecule has 3 N–H and O–H groups in total. The Morgan fingerprint density at radius 2 is 2.11 bits per heavy atom. The number of hydrogen-bond donors (Lipinski definition) is 2. The molecule has 0 aromatic carbocycles. The fourth-order valence-corrected chi connectivity index (χ4v) is 2.05. The molecular formula is C13H15BrN4. The van der Waals surface area contributed by atoms with E-state index in [0.717, 1.165) is 21.4 Å². The Kier molecular flexibility index (Phi) is 3.81. The number of aromatic nitrogens is 2. The zero-order valence-corrected chi connectivity index (χ0v) is 12.0. The normalized spacial score (nSPS) is 10.4. The van der Waals surface area contributed by atoms with Crippen molar-refractivity contribution in [2.75, 3.05) is 11.1 Å². The Morgan fingerprint density at radius 1 is 1.33 bits per heavy atom. The molecule has 0 unspecified atom stereocenters. The average Bonchev–Trinajstić information content (AvgIpc) is 2.37. The monoisotopic (exact) mass is 306 g/mol. The molecule has 2 heterocycles. The smallest absolute Gasteiger partial charge is 0.140 e. The van der Waals surface area contributed by atoms with Crippen LogP contribution in [-0.4, -0.2) is 9.97 Å². The van der Waals surface area contributed by atoms with Gasteiger partial charge in [0.1, 0.15) is 5.82 Å².